The zero-order valence-electron chi connectivity index (χ0n) is 17.5. The largest absolute Gasteiger partial charge is 0.385 e. The van der Waals surface area contributed by atoms with Gasteiger partial charge in [0.2, 0.25) is 10.0 Å². The van der Waals surface area contributed by atoms with Crippen molar-refractivity contribution in [2.45, 2.75) is 57.5 Å². The van der Waals surface area contributed by atoms with Crippen molar-refractivity contribution in [3.63, 3.8) is 0 Å². The highest BCUT2D eigenvalue weighted by molar-refractivity contribution is 7.89. The van der Waals surface area contributed by atoms with Crippen LogP contribution in [0.4, 0.5) is 0 Å². The van der Waals surface area contributed by atoms with Crippen LogP contribution in [-0.2, 0) is 19.5 Å². The van der Waals surface area contributed by atoms with Crippen LogP contribution in [0.5, 0.6) is 0 Å². The van der Waals surface area contributed by atoms with E-state index in [0.717, 1.165) is 45.4 Å². The van der Waals surface area contributed by atoms with Gasteiger partial charge in [-0.15, -0.1) is 0 Å². The van der Waals surface area contributed by atoms with Crippen LogP contribution in [0.15, 0.2) is 4.99 Å². The van der Waals surface area contributed by atoms with Crippen LogP contribution in [0, 0.1) is 5.41 Å². The first kappa shape index (κ1) is 23.4. The van der Waals surface area contributed by atoms with Gasteiger partial charge in [0.15, 0.2) is 5.96 Å². The van der Waals surface area contributed by atoms with Gasteiger partial charge in [0.1, 0.15) is 0 Å². The van der Waals surface area contributed by atoms with Crippen LogP contribution in [0.1, 0.15) is 51.4 Å². The summed E-state index contributed by atoms with van der Waals surface area (Å²) in [5.41, 5.74) is 0.251. The molecule has 0 bridgehead atoms. The summed E-state index contributed by atoms with van der Waals surface area (Å²) in [5, 5.41) is 6.50. The number of ether oxygens (including phenoxy) is 2. The molecule has 1 saturated heterocycles. The lowest BCUT2D eigenvalue weighted by Crippen LogP contribution is -2.45. The Balaban J connectivity index is 1.69. The molecule has 1 atom stereocenters. The third-order valence-corrected chi connectivity index (χ3v) is 7.17. The molecule has 0 radical (unpaired) electrons. The fourth-order valence-electron chi connectivity index (χ4n) is 4.01. The van der Waals surface area contributed by atoms with Gasteiger partial charge in [-0.3, -0.25) is 4.99 Å². The van der Waals surface area contributed by atoms with Crippen molar-refractivity contribution >= 4 is 16.0 Å². The van der Waals surface area contributed by atoms with Crippen molar-refractivity contribution in [3.05, 3.63) is 0 Å². The Labute approximate surface area is 170 Å². The lowest BCUT2D eigenvalue weighted by molar-refractivity contribution is 0.0200. The average molecular weight is 419 g/mol. The molecule has 2 aliphatic rings. The molecule has 9 heteroatoms. The minimum Gasteiger partial charge on any atom is -0.385 e. The van der Waals surface area contributed by atoms with E-state index < -0.39 is 10.0 Å². The number of aliphatic imine (C=N–C) groups is 1. The Morgan fingerprint density at radius 1 is 1.21 bits per heavy atom. The SMILES string of the molecule is CN=C(NCCS(=O)(=O)NCC1CCCCO1)NCC1(CCOC)CCCC1. The summed E-state index contributed by atoms with van der Waals surface area (Å²) in [6, 6.07) is 0. The molecule has 2 fully saturated rings. The van der Waals surface area contributed by atoms with Crippen molar-refractivity contribution < 1.29 is 17.9 Å². The van der Waals surface area contributed by atoms with Gasteiger partial charge in [0.25, 0.3) is 0 Å². The summed E-state index contributed by atoms with van der Waals surface area (Å²) >= 11 is 0. The molecule has 0 aromatic carbocycles. The maximum atomic E-state index is 12.2. The van der Waals surface area contributed by atoms with Crippen molar-refractivity contribution in [1.29, 1.82) is 0 Å². The second kappa shape index (κ2) is 11.9. The van der Waals surface area contributed by atoms with E-state index in [0.29, 0.717) is 19.0 Å². The Morgan fingerprint density at radius 2 is 2.00 bits per heavy atom. The molecule has 1 aliphatic heterocycles. The summed E-state index contributed by atoms with van der Waals surface area (Å²) in [7, 11) is 0.117. The molecular weight excluding hydrogens is 380 g/mol. The minimum absolute atomic E-state index is 0.000572. The smallest absolute Gasteiger partial charge is 0.213 e. The minimum atomic E-state index is -3.33. The molecule has 1 unspecified atom stereocenters. The number of hydrogen-bond acceptors (Lipinski definition) is 5. The maximum Gasteiger partial charge on any atom is 0.213 e. The highest BCUT2D eigenvalue weighted by Gasteiger charge is 2.33. The number of sulfonamides is 1. The molecule has 0 spiro atoms. The third-order valence-electron chi connectivity index (χ3n) is 5.82. The Bertz CT molecular complexity index is 570. The number of rotatable bonds is 11. The van der Waals surface area contributed by atoms with E-state index in [1.165, 1.54) is 25.7 Å². The van der Waals surface area contributed by atoms with Gasteiger partial charge in [-0.05, 0) is 43.9 Å². The topological polar surface area (TPSA) is 101 Å². The van der Waals surface area contributed by atoms with Gasteiger partial charge >= 0.3 is 0 Å². The molecule has 0 aromatic rings. The van der Waals surface area contributed by atoms with Gasteiger partial charge < -0.3 is 20.1 Å². The van der Waals surface area contributed by atoms with Crippen molar-refractivity contribution in [3.8, 4) is 0 Å². The standard InChI is InChI=1S/C19H38N4O4S/c1-20-18(22-16-19(10-13-26-2)8-4-5-9-19)21-11-14-28(24,25)23-15-17-7-3-6-12-27-17/h17,23H,3-16H2,1-2H3,(H2,20,21,22). The molecule has 0 aromatic heterocycles. The van der Waals surface area contributed by atoms with E-state index in [-0.39, 0.29) is 17.3 Å². The molecule has 1 aliphatic carbocycles. The third kappa shape index (κ3) is 8.23. The number of guanidine groups is 1. The van der Waals surface area contributed by atoms with Gasteiger partial charge in [-0.2, -0.15) is 0 Å². The van der Waals surface area contributed by atoms with Crippen molar-refractivity contribution in [2.75, 3.05) is 52.8 Å². The molecule has 1 saturated carbocycles. The van der Waals surface area contributed by atoms with E-state index in [1.807, 2.05) is 0 Å². The molecule has 164 valence electrons. The van der Waals surface area contributed by atoms with Gasteiger partial charge in [0.05, 0.1) is 11.9 Å². The lowest BCUT2D eigenvalue weighted by atomic mass is 9.83. The summed E-state index contributed by atoms with van der Waals surface area (Å²) in [4.78, 5) is 4.23. The maximum absolute atomic E-state index is 12.2. The highest BCUT2D eigenvalue weighted by atomic mass is 32.2. The van der Waals surface area contributed by atoms with Crippen molar-refractivity contribution in [1.82, 2.24) is 15.4 Å². The Morgan fingerprint density at radius 3 is 2.64 bits per heavy atom. The zero-order chi connectivity index (χ0) is 20.3. The number of methoxy groups -OCH3 is 1. The second-order valence-electron chi connectivity index (χ2n) is 7.96. The van der Waals surface area contributed by atoms with Gasteiger partial charge in [-0.25, -0.2) is 13.1 Å². The van der Waals surface area contributed by atoms with E-state index in [1.54, 1.807) is 14.2 Å². The fourth-order valence-corrected chi connectivity index (χ4v) is 4.97. The van der Waals surface area contributed by atoms with Gasteiger partial charge in [0, 0.05) is 47.0 Å². The molecule has 3 N–H and O–H groups in total. The molecule has 8 nitrogen and oxygen atoms in total. The van der Waals surface area contributed by atoms with Gasteiger partial charge in [-0.1, -0.05) is 12.8 Å². The zero-order valence-corrected chi connectivity index (χ0v) is 18.3. The first-order valence-corrected chi connectivity index (χ1v) is 12.2. The van der Waals surface area contributed by atoms with Crippen LogP contribution in [0.3, 0.4) is 0 Å². The van der Waals surface area contributed by atoms with Crippen LogP contribution in [-0.4, -0.2) is 73.2 Å². The van der Waals surface area contributed by atoms with E-state index in [4.69, 9.17) is 9.47 Å². The molecular formula is C19H38N4O4S. The molecule has 2 rings (SSSR count). The monoisotopic (exact) mass is 418 g/mol. The highest BCUT2D eigenvalue weighted by Crippen LogP contribution is 2.40. The first-order valence-electron chi connectivity index (χ1n) is 10.5. The van der Waals surface area contributed by atoms with Crippen LogP contribution in [0.2, 0.25) is 0 Å². The summed E-state index contributed by atoms with van der Waals surface area (Å²) < 4.78 is 37.9. The number of nitrogens with one attached hydrogen (secondary N) is 3. The first-order chi connectivity index (χ1) is 13.5. The van der Waals surface area contributed by atoms with E-state index >= 15 is 0 Å². The fraction of sp³-hybridized carbons (Fsp3) is 0.947. The number of nitrogens with zero attached hydrogens (tertiary/aromatic N) is 1. The predicted molar refractivity (Wildman–Crippen MR) is 112 cm³/mol. The summed E-state index contributed by atoms with van der Waals surface area (Å²) in [6.07, 6.45) is 9.02. The second-order valence-corrected chi connectivity index (χ2v) is 9.88. The number of hydrogen-bond donors (Lipinski definition) is 3. The lowest BCUT2D eigenvalue weighted by Gasteiger charge is -2.30. The average Bonchev–Trinajstić information content (AvgIpc) is 3.17. The molecule has 1 heterocycles. The Kier molecular flexibility index (Phi) is 9.98. The quantitative estimate of drug-likeness (QED) is 0.345. The van der Waals surface area contributed by atoms with E-state index in [2.05, 4.69) is 20.3 Å². The Hall–Kier alpha value is -0.900. The van der Waals surface area contributed by atoms with Crippen LogP contribution < -0.4 is 15.4 Å². The van der Waals surface area contributed by atoms with E-state index in [9.17, 15) is 8.42 Å². The van der Waals surface area contributed by atoms with Crippen LogP contribution in [0.25, 0.3) is 0 Å². The summed E-state index contributed by atoms with van der Waals surface area (Å²) in [6.45, 7) is 2.99. The predicted octanol–water partition coefficient (Wildman–Crippen LogP) is 1.24. The van der Waals surface area contributed by atoms with Crippen molar-refractivity contribution in [2.24, 2.45) is 10.4 Å². The molecule has 28 heavy (non-hydrogen) atoms. The summed E-state index contributed by atoms with van der Waals surface area (Å²) in [5.74, 6) is 0.657. The van der Waals surface area contributed by atoms with Crippen LogP contribution >= 0.6 is 0 Å². The normalized spacial score (nSPS) is 22.9. The molecule has 0 amide bonds.